The average molecular weight is 343 g/mol. The lowest BCUT2D eigenvalue weighted by Crippen LogP contribution is -2.43. The second-order valence-corrected chi connectivity index (χ2v) is 7.09. The van der Waals surface area contributed by atoms with Crippen molar-refractivity contribution in [2.24, 2.45) is 11.7 Å². The van der Waals surface area contributed by atoms with Crippen LogP contribution in [0.3, 0.4) is 0 Å². The number of benzene rings is 1. The van der Waals surface area contributed by atoms with E-state index in [1.54, 1.807) is 0 Å². The Kier molecular flexibility index (Phi) is 5.80. The lowest BCUT2D eigenvalue weighted by Gasteiger charge is -2.26. The van der Waals surface area contributed by atoms with Crippen molar-refractivity contribution in [1.29, 1.82) is 0 Å². The summed E-state index contributed by atoms with van der Waals surface area (Å²) in [5, 5.41) is -0.204. The van der Waals surface area contributed by atoms with Crippen LogP contribution in [-0.2, 0) is 10.0 Å². The van der Waals surface area contributed by atoms with Crippen molar-refractivity contribution in [2.45, 2.75) is 23.8 Å². The van der Waals surface area contributed by atoms with Crippen LogP contribution in [0.1, 0.15) is 12.8 Å². The van der Waals surface area contributed by atoms with Crippen LogP contribution in [0.25, 0.3) is 0 Å². The molecule has 0 amide bonds. The number of nitrogens with two attached hydrogens (primary N) is 1. The van der Waals surface area contributed by atoms with E-state index in [4.69, 9.17) is 17.3 Å². The normalized spacial score (nSPS) is 16.9. The average Bonchev–Trinajstić information content (AvgIpc) is 3.17. The molecule has 20 heavy (non-hydrogen) atoms. The highest BCUT2D eigenvalue weighted by molar-refractivity contribution is 7.89. The molecule has 1 fully saturated rings. The second-order valence-electron chi connectivity index (χ2n) is 4.71. The van der Waals surface area contributed by atoms with Crippen LogP contribution < -0.4 is 5.73 Å². The zero-order chi connectivity index (χ0) is 14.2. The first kappa shape index (κ1) is 17.7. The van der Waals surface area contributed by atoms with Gasteiger partial charge >= 0.3 is 0 Å². The molecule has 2 rings (SSSR count). The standard InChI is InChI=1S/C12H16ClFN2O2S.ClH/c1-16(10(7-15)8-5-6-8)19(17,18)11-4-2-3-9(13)12(11)14;/h2-4,8,10H,5-7,15H2,1H3;1H. The summed E-state index contributed by atoms with van der Waals surface area (Å²) in [6, 6.07) is 3.66. The van der Waals surface area contributed by atoms with Gasteiger partial charge in [-0.3, -0.25) is 0 Å². The van der Waals surface area contributed by atoms with Crippen LogP contribution in [0.4, 0.5) is 4.39 Å². The fourth-order valence-electron chi connectivity index (χ4n) is 2.14. The molecule has 1 aliphatic carbocycles. The van der Waals surface area contributed by atoms with E-state index in [-0.39, 0.29) is 35.9 Å². The third-order valence-electron chi connectivity index (χ3n) is 3.45. The van der Waals surface area contributed by atoms with Crippen LogP contribution in [0, 0.1) is 11.7 Å². The molecule has 114 valence electrons. The number of nitrogens with zero attached hydrogens (tertiary/aromatic N) is 1. The molecule has 4 nitrogen and oxygen atoms in total. The van der Waals surface area contributed by atoms with E-state index in [1.165, 1.54) is 29.6 Å². The molecule has 1 aromatic carbocycles. The molecule has 1 atom stereocenters. The van der Waals surface area contributed by atoms with Gasteiger partial charge in [0, 0.05) is 19.6 Å². The van der Waals surface area contributed by atoms with Crippen molar-refractivity contribution in [1.82, 2.24) is 4.31 Å². The maximum absolute atomic E-state index is 13.9. The molecule has 1 aromatic rings. The molecule has 2 N–H and O–H groups in total. The molecule has 0 aromatic heterocycles. The van der Waals surface area contributed by atoms with E-state index in [0.717, 1.165) is 12.8 Å². The predicted octanol–water partition coefficient (Wildman–Crippen LogP) is 2.26. The minimum Gasteiger partial charge on any atom is -0.329 e. The second kappa shape index (κ2) is 6.58. The van der Waals surface area contributed by atoms with Crippen LogP contribution in [-0.4, -0.2) is 32.4 Å². The first-order valence-electron chi connectivity index (χ1n) is 6.01. The van der Waals surface area contributed by atoms with Crippen molar-refractivity contribution >= 4 is 34.0 Å². The van der Waals surface area contributed by atoms with Crippen LogP contribution >= 0.6 is 24.0 Å². The first-order chi connectivity index (χ1) is 8.89. The van der Waals surface area contributed by atoms with E-state index in [9.17, 15) is 12.8 Å². The zero-order valence-electron chi connectivity index (χ0n) is 10.9. The van der Waals surface area contributed by atoms with Gasteiger partial charge in [-0.05, 0) is 30.9 Å². The quantitative estimate of drug-likeness (QED) is 0.892. The summed E-state index contributed by atoms with van der Waals surface area (Å²) >= 11 is 5.63. The summed E-state index contributed by atoms with van der Waals surface area (Å²) in [4.78, 5) is -0.401. The van der Waals surface area contributed by atoms with Gasteiger partial charge in [-0.2, -0.15) is 4.31 Å². The van der Waals surface area contributed by atoms with Crippen molar-refractivity contribution < 1.29 is 12.8 Å². The van der Waals surface area contributed by atoms with Crippen LogP contribution in [0.2, 0.25) is 5.02 Å². The van der Waals surface area contributed by atoms with Crippen molar-refractivity contribution in [2.75, 3.05) is 13.6 Å². The Hall–Kier alpha value is -0.400. The van der Waals surface area contributed by atoms with Gasteiger partial charge in [0.05, 0.1) is 5.02 Å². The maximum atomic E-state index is 13.9. The third-order valence-corrected chi connectivity index (χ3v) is 5.64. The van der Waals surface area contributed by atoms with E-state index in [0.29, 0.717) is 0 Å². The van der Waals surface area contributed by atoms with Crippen molar-refractivity contribution in [3.05, 3.63) is 29.0 Å². The molecule has 8 heteroatoms. The number of sulfonamides is 1. The van der Waals surface area contributed by atoms with Gasteiger partial charge in [-0.1, -0.05) is 17.7 Å². The van der Waals surface area contributed by atoms with Gasteiger partial charge in [-0.15, -0.1) is 12.4 Å². The minimum absolute atomic E-state index is 0. The van der Waals surface area contributed by atoms with Crippen LogP contribution in [0.5, 0.6) is 0 Å². The number of hydrogen-bond acceptors (Lipinski definition) is 3. The molecular weight excluding hydrogens is 326 g/mol. The smallest absolute Gasteiger partial charge is 0.246 e. The van der Waals surface area contributed by atoms with Crippen LogP contribution in [0.15, 0.2) is 23.1 Å². The summed E-state index contributed by atoms with van der Waals surface area (Å²) in [6.45, 7) is 0.225. The largest absolute Gasteiger partial charge is 0.329 e. The van der Waals surface area contributed by atoms with Gasteiger partial charge in [0.2, 0.25) is 10.0 Å². The number of rotatable bonds is 5. The Bertz CT molecular complexity index is 579. The zero-order valence-corrected chi connectivity index (χ0v) is 13.3. The van der Waals surface area contributed by atoms with Gasteiger partial charge in [0.15, 0.2) is 5.82 Å². The van der Waals surface area contributed by atoms with E-state index >= 15 is 0 Å². The SMILES string of the molecule is CN(C(CN)C1CC1)S(=O)(=O)c1cccc(Cl)c1F.Cl. The Labute approximate surface area is 129 Å². The van der Waals surface area contributed by atoms with E-state index in [1.807, 2.05) is 0 Å². The highest BCUT2D eigenvalue weighted by Crippen LogP contribution is 2.36. The number of likely N-dealkylation sites (N-methyl/N-ethyl adjacent to an activating group) is 1. The topological polar surface area (TPSA) is 63.4 Å². The van der Waals surface area contributed by atoms with Crippen molar-refractivity contribution in [3.63, 3.8) is 0 Å². The third kappa shape index (κ3) is 3.26. The van der Waals surface area contributed by atoms with Gasteiger partial charge in [0.1, 0.15) is 4.90 Å². The summed E-state index contributed by atoms with van der Waals surface area (Å²) in [7, 11) is -2.48. The fourth-order valence-corrected chi connectivity index (χ4v) is 3.88. The monoisotopic (exact) mass is 342 g/mol. The predicted molar refractivity (Wildman–Crippen MR) is 79.2 cm³/mol. The molecular formula is C12H17Cl2FN2O2S. The Balaban J connectivity index is 0.00000200. The van der Waals surface area contributed by atoms with E-state index < -0.39 is 20.7 Å². The number of halogens is 3. The highest BCUT2D eigenvalue weighted by Gasteiger charge is 2.39. The molecule has 0 heterocycles. The van der Waals surface area contributed by atoms with E-state index in [2.05, 4.69) is 0 Å². The molecule has 0 bridgehead atoms. The molecule has 1 saturated carbocycles. The fraction of sp³-hybridized carbons (Fsp3) is 0.500. The lowest BCUT2D eigenvalue weighted by atomic mass is 10.2. The molecule has 0 aliphatic heterocycles. The van der Waals surface area contributed by atoms with Gasteiger partial charge in [-0.25, -0.2) is 12.8 Å². The Morgan fingerprint density at radius 3 is 2.60 bits per heavy atom. The lowest BCUT2D eigenvalue weighted by molar-refractivity contribution is 0.339. The van der Waals surface area contributed by atoms with Crippen molar-refractivity contribution in [3.8, 4) is 0 Å². The molecule has 1 unspecified atom stereocenters. The van der Waals surface area contributed by atoms with Gasteiger partial charge < -0.3 is 5.73 Å². The highest BCUT2D eigenvalue weighted by atomic mass is 35.5. The summed E-state index contributed by atoms with van der Waals surface area (Å²) in [5.41, 5.74) is 5.63. The summed E-state index contributed by atoms with van der Waals surface area (Å²) in [5.74, 6) is -0.644. The Morgan fingerprint density at radius 2 is 2.10 bits per heavy atom. The Morgan fingerprint density at radius 1 is 1.50 bits per heavy atom. The molecule has 1 aliphatic rings. The maximum Gasteiger partial charge on any atom is 0.246 e. The first-order valence-corrected chi connectivity index (χ1v) is 7.83. The summed E-state index contributed by atoms with van der Waals surface area (Å²) < 4.78 is 39.9. The minimum atomic E-state index is -3.91. The molecule has 0 spiro atoms. The summed E-state index contributed by atoms with van der Waals surface area (Å²) in [6.07, 6.45) is 1.92. The molecule has 0 saturated heterocycles. The van der Waals surface area contributed by atoms with Gasteiger partial charge in [0.25, 0.3) is 0 Å². The number of hydrogen-bond donors (Lipinski definition) is 1. The molecule has 0 radical (unpaired) electrons.